The number of ether oxygens (including phenoxy) is 1. The Labute approximate surface area is 238 Å². The van der Waals surface area contributed by atoms with E-state index in [1.165, 1.54) is 12.8 Å². The number of carbonyl (C=O) groups is 1. The van der Waals surface area contributed by atoms with Crippen molar-refractivity contribution in [2.24, 2.45) is 0 Å². The maximum absolute atomic E-state index is 15.8. The van der Waals surface area contributed by atoms with Gasteiger partial charge in [-0.2, -0.15) is 15.6 Å². The highest BCUT2D eigenvalue weighted by Crippen LogP contribution is 2.43. The molecule has 5 rings (SSSR count). The van der Waals surface area contributed by atoms with Gasteiger partial charge in [0.25, 0.3) is 5.91 Å². The number of nitrogens with zero attached hydrogens (tertiary/aromatic N) is 5. The average molecular weight is 554 g/mol. The topological polar surface area (TPSA) is 121 Å². The molecule has 1 aromatic heterocycles. The molecule has 9 nitrogen and oxygen atoms in total. The number of nitrogens with one attached hydrogen (secondary N) is 2. The highest BCUT2D eigenvalue weighted by molar-refractivity contribution is 6.08. The first-order valence-electron chi connectivity index (χ1n) is 13.6. The highest BCUT2D eigenvalue weighted by atomic mass is 19.1. The molecule has 0 spiro atoms. The van der Waals surface area contributed by atoms with E-state index < -0.39 is 11.7 Å². The van der Waals surface area contributed by atoms with Gasteiger partial charge in [0.05, 0.1) is 34.7 Å². The van der Waals surface area contributed by atoms with E-state index in [1.54, 1.807) is 63.1 Å². The number of benzene rings is 2. The third kappa shape index (κ3) is 5.15. The molecule has 1 amide bonds. The Morgan fingerprint density at radius 3 is 2.37 bits per heavy atom. The van der Waals surface area contributed by atoms with E-state index >= 15 is 4.39 Å². The van der Waals surface area contributed by atoms with Crippen LogP contribution >= 0.6 is 0 Å². The number of hydrogen-bond donors (Lipinski definition) is 2. The predicted octanol–water partition coefficient (Wildman–Crippen LogP) is 5.36. The molecule has 2 aliphatic heterocycles. The lowest BCUT2D eigenvalue weighted by Gasteiger charge is -2.33. The lowest BCUT2D eigenvalue weighted by molar-refractivity contribution is 0.102. The van der Waals surface area contributed by atoms with Crippen molar-refractivity contribution in [2.45, 2.75) is 39.5 Å². The predicted molar refractivity (Wildman–Crippen MR) is 153 cm³/mol. The van der Waals surface area contributed by atoms with E-state index in [-0.39, 0.29) is 22.9 Å². The van der Waals surface area contributed by atoms with E-state index in [0.29, 0.717) is 51.4 Å². The van der Waals surface area contributed by atoms with Crippen molar-refractivity contribution in [3.05, 3.63) is 75.4 Å². The summed E-state index contributed by atoms with van der Waals surface area (Å²) in [5, 5.41) is 30.3. The first-order chi connectivity index (χ1) is 19.7. The van der Waals surface area contributed by atoms with Crippen LogP contribution in [0, 0.1) is 35.4 Å². The first kappa shape index (κ1) is 27.9. The summed E-state index contributed by atoms with van der Waals surface area (Å²) in [5.41, 5.74) is 3.19. The van der Waals surface area contributed by atoms with E-state index in [2.05, 4.69) is 32.6 Å². The Morgan fingerprint density at radius 2 is 1.76 bits per heavy atom. The van der Waals surface area contributed by atoms with Crippen LogP contribution in [-0.2, 0) is 0 Å². The first-order valence-corrected chi connectivity index (χ1v) is 13.6. The molecule has 2 N–H and O–H groups in total. The van der Waals surface area contributed by atoms with Crippen LogP contribution in [0.4, 0.5) is 10.2 Å². The fourth-order valence-electron chi connectivity index (χ4n) is 5.59. The third-order valence-electron chi connectivity index (χ3n) is 8.20. The van der Waals surface area contributed by atoms with Gasteiger partial charge in [0.2, 0.25) is 0 Å². The monoisotopic (exact) mass is 553 g/mol. The Hall–Kier alpha value is -4.67. The smallest absolute Gasteiger partial charge is 0.256 e. The lowest BCUT2D eigenvalue weighted by atomic mass is 9.80. The molecule has 41 heavy (non-hydrogen) atoms. The summed E-state index contributed by atoms with van der Waals surface area (Å²) < 4.78 is 21.6. The van der Waals surface area contributed by atoms with E-state index in [0.717, 1.165) is 19.6 Å². The summed E-state index contributed by atoms with van der Waals surface area (Å²) >= 11 is 0. The Morgan fingerprint density at radius 1 is 1.12 bits per heavy atom. The van der Waals surface area contributed by atoms with Crippen molar-refractivity contribution in [1.82, 2.24) is 20.0 Å². The van der Waals surface area contributed by atoms with Crippen molar-refractivity contribution >= 4 is 22.6 Å². The number of anilines is 1. The number of hydrogen-bond acceptors (Lipinski definition) is 7. The number of H-pyrrole nitrogens is 1. The molecule has 0 atom stereocenters. The molecule has 0 saturated carbocycles. The van der Waals surface area contributed by atoms with Gasteiger partial charge in [0.1, 0.15) is 18.2 Å². The Balaban J connectivity index is 1.41. The fraction of sp³-hybridized carbons (Fsp3) is 0.355. The van der Waals surface area contributed by atoms with Crippen LogP contribution in [0.2, 0.25) is 0 Å². The summed E-state index contributed by atoms with van der Waals surface area (Å²) in [6.45, 7) is 8.85. The minimum atomic E-state index is -0.874. The van der Waals surface area contributed by atoms with Gasteiger partial charge in [-0.05, 0) is 77.0 Å². The van der Waals surface area contributed by atoms with Crippen LogP contribution < -0.4 is 10.1 Å². The number of halogens is 1. The number of aromatic nitrogens is 2. The van der Waals surface area contributed by atoms with Gasteiger partial charge in [0, 0.05) is 47.1 Å². The van der Waals surface area contributed by atoms with Crippen molar-refractivity contribution < 1.29 is 13.9 Å². The molecule has 3 aromatic rings. The zero-order valence-electron chi connectivity index (χ0n) is 23.6. The maximum atomic E-state index is 15.8. The zero-order chi connectivity index (χ0) is 29.3. The number of aryl methyl sites for hydroxylation is 1. The second kappa shape index (κ2) is 11.4. The van der Waals surface area contributed by atoms with Crippen molar-refractivity contribution in [2.75, 3.05) is 38.6 Å². The zero-order valence-corrected chi connectivity index (χ0v) is 23.6. The SMILES string of the molecule is CC1=C(C#N)C(c2cc3c(NC(=O)c4ccc(OCCN5CCCC5)cc4)n[nH]c3c(C)c2F)C(C#N)=C(C)N1C. The van der Waals surface area contributed by atoms with Gasteiger partial charge in [-0.3, -0.25) is 14.8 Å². The Bertz CT molecular complexity index is 1610. The van der Waals surface area contributed by atoms with Crippen molar-refractivity contribution in [3.8, 4) is 17.9 Å². The van der Waals surface area contributed by atoms with Crippen LogP contribution in [0.15, 0.2) is 52.9 Å². The van der Waals surface area contributed by atoms with Crippen LogP contribution in [0.5, 0.6) is 5.75 Å². The van der Waals surface area contributed by atoms with E-state index in [1.807, 2.05) is 0 Å². The van der Waals surface area contributed by atoms with Crippen LogP contribution in [0.1, 0.15) is 54.1 Å². The number of allylic oxidation sites excluding steroid dienone is 4. The number of amides is 1. The van der Waals surface area contributed by atoms with Crippen LogP contribution in [0.25, 0.3) is 10.9 Å². The summed E-state index contributed by atoms with van der Waals surface area (Å²) in [5.74, 6) is -0.873. The summed E-state index contributed by atoms with van der Waals surface area (Å²) in [7, 11) is 1.78. The largest absolute Gasteiger partial charge is 0.492 e. The average Bonchev–Trinajstić information content (AvgIpc) is 3.64. The molecule has 210 valence electrons. The minimum absolute atomic E-state index is 0.183. The number of likely N-dealkylation sites (tertiary alicyclic amines) is 1. The van der Waals surface area contributed by atoms with E-state index in [4.69, 9.17) is 4.74 Å². The molecular formula is C31H32FN7O2. The molecule has 0 radical (unpaired) electrons. The van der Waals surface area contributed by atoms with E-state index in [9.17, 15) is 15.3 Å². The minimum Gasteiger partial charge on any atom is -0.492 e. The third-order valence-corrected chi connectivity index (χ3v) is 8.20. The van der Waals surface area contributed by atoms with Gasteiger partial charge >= 0.3 is 0 Å². The second-order valence-electron chi connectivity index (χ2n) is 10.5. The normalized spacial score (nSPS) is 16.3. The second-order valence-corrected chi connectivity index (χ2v) is 10.5. The highest BCUT2D eigenvalue weighted by Gasteiger charge is 2.35. The van der Waals surface area contributed by atoms with Gasteiger partial charge < -0.3 is 15.0 Å². The van der Waals surface area contributed by atoms with Crippen molar-refractivity contribution in [1.29, 1.82) is 10.5 Å². The molecule has 2 aromatic carbocycles. The fourth-order valence-corrected chi connectivity index (χ4v) is 5.59. The molecule has 1 saturated heterocycles. The molecule has 10 heteroatoms. The maximum Gasteiger partial charge on any atom is 0.256 e. The molecular weight excluding hydrogens is 521 g/mol. The van der Waals surface area contributed by atoms with Gasteiger partial charge in [-0.1, -0.05) is 0 Å². The molecule has 0 bridgehead atoms. The molecule has 0 aliphatic carbocycles. The van der Waals surface area contributed by atoms with Gasteiger partial charge in [-0.15, -0.1) is 0 Å². The van der Waals surface area contributed by atoms with Gasteiger partial charge in [0.15, 0.2) is 5.82 Å². The number of nitriles is 2. The number of aromatic amines is 1. The summed E-state index contributed by atoms with van der Waals surface area (Å²) in [6.07, 6.45) is 2.47. The molecule has 3 heterocycles. The quantitative estimate of drug-likeness (QED) is 0.404. The molecule has 2 aliphatic rings. The van der Waals surface area contributed by atoms with Gasteiger partial charge in [-0.25, -0.2) is 4.39 Å². The summed E-state index contributed by atoms with van der Waals surface area (Å²) in [4.78, 5) is 17.3. The standard InChI is InChI=1S/C31H32FN7O2/c1-18-28(32)23(27-25(16-33)19(2)38(4)20(3)26(27)17-34)15-24-29(18)36-37-30(24)35-31(40)21-7-9-22(10-8-21)41-14-13-39-11-5-6-12-39/h7-10,15,27H,5-6,11-14H2,1-4H3,(H2,35,36,37,40). The van der Waals surface area contributed by atoms with Crippen LogP contribution in [0.3, 0.4) is 0 Å². The lowest BCUT2D eigenvalue weighted by Crippen LogP contribution is -2.26. The van der Waals surface area contributed by atoms with Crippen LogP contribution in [-0.4, -0.2) is 59.2 Å². The summed E-state index contributed by atoms with van der Waals surface area (Å²) in [6, 6.07) is 12.8. The number of carbonyl (C=O) groups excluding carboxylic acids is 1. The molecule has 0 unspecified atom stereocenters. The molecule has 1 fully saturated rings. The Kier molecular flexibility index (Phi) is 7.78. The number of rotatable bonds is 7. The van der Waals surface area contributed by atoms with Crippen molar-refractivity contribution in [3.63, 3.8) is 0 Å². The number of fused-ring (bicyclic) bond motifs is 1.